The number of hydrogen-bond donors (Lipinski definition) is 1. The summed E-state index contributed by atoms with van der Waals surface area (Å²) in [5.41, 5.74) is -0.0248. The maximum absolute atomic E-state index is 11.7. The van der Waals surface area contributed by atoms with E-state index in [2.05, 4.69) is 24.5 Å². The van der Waals surface area contributed by atoms with E-state index in [-0.39, 0.29) is 45.0 Å². The van der Waals surface area contributed by atoms with E-state index >= 15 is 0 Å². The van der Waals surface area contributed by atoms with Gasteiger partial charge in [-0.15, -0.1) is 0 Å². The fourth-order valence-corrected chi connectivity index (χ4v) is 1.62. The Morgan fingerprint density at radius 1 is 0.926 bits per heavy atom. The molecule has 0 saturated carbocycles. The van der Waals surface area contributed by atoms with Gasteiger partial charge in [-0.05, 0) is 0 Å². The number of hydrogen-bond acceptors (Lipinski definition) is 9. The van der Waals surface area contributed by atoms with Gasteiger partial charge in [-0.1, -0.05) is 19.7 Å². The third kappa shape index (κ3) is 13.5. The minimum absolute atomic E-state index is 0.0205. The molecule has 1 atom stereocenters. The fourth-order valence-electron chi connectivity index (χ4n) is 1.62. The predicted octanol–water partition coefficient (Wildman–Crippen LogP) is 0.328. The van der Waals surface area contributed by atoms with Crippen molar-refractivity contribution in [3.63, 3.8) is 0 Å². The van der Waals surface area contributed by atoms with Crippen LogP contribution >= 0.6 is 0 Å². The van der Waals surface area contributed by atoms with Crippen LogP contribution in [0.5, 0.6) is 0 Å². The van der Waals surface area contributed by atoms with Crippen LogP contribution in [-0.4, -0.2) is 75.4 Å². The van der Waals surface area contributed by atoms with E-state index in [9.17, 15) is 14.4 Å². The summed E-state index contributed by atoms with van der Waals surface area (Å²) in [6, 6.07) is 0. The summed E-state index contributed by atoms with van der Waals surface area (Å²) >= 11 is 0. The normalized spacial score (nSPS) is 11.3. The Balaban J connectivity index is 4.34. The average molecular weight is 386 g/mol. The van der Waals surface area contributed by atoms with Crippen LogP contribution in [0.15, 0.2) is 37.5 Å². The Kier molecular flexibility index (Phi) is 14.5. The predicted molar refractivity (Wildman–Crippen MR) is 94.7 cm³/mol. The highest BCUT2D eigenvalue weighted by Gasteiger charge is 2.19. The topological polar surface area (TPSA) is 118 Å². The van der Waals surface area contributed by atoms with Crippen molar-refractivity contribution in [1.82, 2.24) is 0 Å². The first-order chi connectivity index (χ1) is 12.9. The molecule has 0 radical (unpaired) electrons. The number of aliphatic hydroxyl groups excluding tert-OH is 1. The minimum Gasteiger partial charge on any atom is -0.460 e. The molecule has 0 rings (SSSR count). The van der Waals surface area contributed by atoms with Crippen LogP contribution in [-0.2, 0) is 38.1 Å². The zero-order valence-corrected chi connectivity index (χ0v) is 15.2. The number of carbonyl (C=O) groups is 3. The van der Waals surface area contributed by atoms with Gasteiger partial charge in [-0.3, -0.25) is 0 Å². The summed E-state index contributed by atoms with van der Waals surface area (Å²) in [5.74, 6) is -2.45. The third-order valence-corrected chi connectivity index (χ3v) is 2.89. The van der Waals surface area contributed by atoms with Crippen molar-refractivity contribution in [1.29, 1.82) is 0 Å². The van der Waals surface area contributed by atoms with Crippen molar-refractivity contribution in [2.45, 2.75) is 12.5 Å². The molecule has 0 aliphatic rings. The van der Waals surface area contributed by atoms with Crippen molar-refractivity contribution >= 4 is 17.9 Å². The molecule has 0 aromatic carbocycles. The zero-order chi connectivity index (χ0) is 20.5. The molecule has 0 heterocycles. The average Bonchev–Trinajstić information content (AvgIpc) is 2.67. The Morgan fingerprint density at radius 3 is 2.11 bits per heavy atom. The summed E-state index contributed by atoms with van der Waals surface area (Å²) in [5, 5.41) is 8.56. The van der Waals surface area contributed by atoms with E-state index in [4.69, 9.17) is 24.1 Å². The summed E-state index contributed by atoms with van der Waals surface area (Å²) in [6.07, 6.45) is 1.14. The minimum atomic E-state index is -0.916. The molecule has 1 N–H and O–H groups in total. The summed E-state index contributed by atoms with van der Waals surface area (Å²) < 4.78 is 25.2. The zero-order valence-electron chi connectivity index (χ0n) is 15.2. The molecule has 0 fully saturated rings. The van der Waals surface area contributed by atoms with E-state index in [0.29, 0.717) is 13.2 Å². The van der Waals surface area contributed by atoms with Gasteiger partial charge in [0.05, 0.1) is 45.7 Å². The first-order valence-electron chi connectivity index (χ1n) is 8.18. The lowest BCUT2D eigenvalue weighted by Gasteiger charge is -2.18. The lowest BCUT2D eigenvalue weighted by atomic mass is 10.1. The van der Waals surface area contributed by atoms with Crippen LogP contribution in [0.2, 0.25) is 0 Å². The van der Waals surface area contributed by atoms with Crippen LogP contribution in [0.3, 0.4) is 0 Å². The molecule has 0 aliphatic heterocycles. The van der Waals surface area contributed by atoms with Crippen LogP contribution in [0, 0.1) is 0 Å². The van der Waals surface area contributed by atoms with E-state index in [1.807, 2.05) is 0 Å². The Hall–Kier alpha value is -2.33. The molecule has 9 nitrogen and oxygen atoms in total. The molecule has 0 aromatic heterocycles. The van der Waals surface area contributed by atoms with E-state index in [0.717, 1.165) is 12.2 Å². The second kappa shape index (κ2) is 15.9. The second-order valence-corrected chi connectivity index (χ2v) is 5.00. The van der Waals surface area contributed by atoms with Crippen molar-refractivity contribution in [3.05, 3.63) is 37.5 Å². The number of carbonyl (C=O) groups excluding carboxylic acids is 3. The van der Waals surface area contributed by atoms with Crippen molar-refractivity contribution in [2.75, 3.05) is 46.2 Å². The highest BCUT2D eigenvalue weighted by molar-refractivity contribution is 5.98. The lowest BCUT2D eigenvalue weighted by molar-refractivity contribution is -0.153. The van der Waals surface area contributed by atoms with E-state index in [1.165, 1.54) is 0 Å². The van der Waals surface area contributed by atoms with Gasteiger partial charge >= 0.3 is 17.9 Å². The highest BCUT2D eigenvalue weighted by Crippen LogP contribution is 2.10. The molecule has 0 amide bonds. The summed E-state index contributed by atoms with van der Waals surface area (Å²) in [6.45, 7) is 11.1. The van der Waals surface area contributed by atoms with Gasteiger partial charge in [0, 0.05) is 24.1 Å². The summed E-state index contributed by atoms with van der Waals surface area (Å²) in [7, 11) is 0. The molecule has 152 valence electrons. The molecule has 27 heavy (non-hydrogen) atoms. The maximum Gasteiger partial charge on any atom is 0.341 e. The molecular weight excluding hydrogens is 360 g/mol. The molecule has 1 unspecified atom stereocenters. The smallest absolute Gasteiger partial charge is 0.341 e. The largest absolute Gasteiger partial charge is 0.460 e. The highest BCUT2D eigenvalue weighted by atomic mass is 16.6. The van der Waals surface area contributed by atoms with E-state index < -0.39 is 24.0 Å². The lowest BCUT2D eigenvalue weighted by Crippen LogP contribution is -2.26. The van der Waals surface area contributed by atoms with Gasteiger partial charge in [0.15, 0.2) is 0 Å². The van der Waals surface area contributed by atoms with E-state index in [1.54, 1.807) is 0 Å². The monoisotopic (exact) mass is 386 g/mol. The number of ether oxygens (including phenoxy) is 5. The molecule has 0 aromatic rings. The molecule has 0 saturated heterocycles. The Labute approximate surface area is 158 Å². The maximum atomic E-state index is 11.7. The van der Waals surface area contributed by atoms with Crippen LogP contribution in [0.4, 0.5) is 0 Å². The van der Waals surface area contributed by atoms with Gasteiger partial charge in [0.1, 0.15) is 6.61 Å². The quantitative estimate of drug-likeness (QED) is 0.173. The van der Waals surface area contributed by atoms with Gasteiger partial charge in [-0.2, -0.15) is 0 Å². The summed E-state index contributed by atoms with van der Waals surface area (Å²) in [4.78, 5) is 34.0. The Bertz CT molecular complexity index is 513. The first kappa shape index (κ1) is 24.7. The third-order valence-electron chi connectivity index (χ3n) is 2.89. The van der Waals surface area contributed by atoms with Gasteiger partial charge in [-0.25, -0.2) is 14.4 Å². The molecule has 0 aliphatic carbocycles. The first-order valence-corrected chi connectivity index (χ1v) is 8.18. The SMILES string of the molecule is C=CC(=O)OCC(CC(=C)C(=O)OC(=O)C=C)OCCOCCOCCO. The molecule has 9 heteroatoms. The standard InChI is InChI=1S/C18H26O9/c1-4-16(20)26-13-15(12-14(3)18(22)27-17(21)5-2)25-11-10-24-9-8-23-7-6-19/h4-5,15,19H,1-3,6-13H2. The van der Waals surface area contributed by atoms with Crippen LogP contribution in [0.25, 0.3) is 0 Å². The fraction of sp³-hybridized carbons (Fsp3) is 0.500. The van der Waals surface area contributed by atoms with Gasteiger partial charge in [0.2, 0.25) is 0 Å². The van der Waals surface area contributed by atoms with Gasteiger partial charge < -0.3 is 28.8 Å². The number of aliphatic hydroxyl groups is 1. The van der Waals surface area contributed by atoms with Crippen LogP contribution < -0.4 is 0 Å². The molecular formula is C18H26O9. The van der Waals surface area contributed by atoms with Crippen molar-refractivity contribution in [2.24, 2.45) is 0 Å². The second-order valence-electron chi connectivity index (χ2n) is 5.00. The van der Waals surface area contributed by atoms with Crippen molar-refractivity contribution in [3.8, 4) is 0 Å². The number of esters is 3. The molecule has 0 bridgehead atoms. The number of rotatable bonds is 16. The molecule has 0 spiro atoms. The van der Waals surface area contributed by atoms with Crippen molar-refractivity contribution < 1.29 is 43.2 Å². The Morgan fingerprint density at radius 2 is 1.52 bits per heavy atom. The van der Waals surface area contributed by atoms with Crippen LogP contribution in [0.1, 0.15) is 6.42 Å². The van der Waals surface area contributed by atoms with Gasteiger partial charge in [0.25, 0.3) is 0 Å².